The molecule has 0 unspecified atom stereocenters. The molecular weight excluding hydrogens is 370 g/mol. The first kappa shape index (κ1) is 18.6. The maximum Gasteiger partial charge on any atom is 0.316 e. The number of para-hydroxylation sites is 1. The lowest BCUT2D eigenvalue weighted by Gasteiger charge is -2.29. The highest BCUT2D eigenvalue weighted by molar-refractivity contribution is 8.00. The van der Waals surface area contributed by atoms with Crippen molar-refractivity contribution in [3.8, 4) is 0 Å². The lowest BCUT2D eigenvalue weighted by Crippen LogP contribution is -2.38. The molecule has 4 nitrogen and oxygen atoms in total. The Morgan fingerprint density at radius 2 is 1.75 bits per heavy atom. The molecule has 1 heterocycles. The highest BCUT2D eigenvalue weighted by Gasteiger charge is 2.23. The number of nitrogens with zero attached hydrogens (tertiary/aromatic N) is 1. The largest absolute Gasteiger partial charge is 0.455 e. The molecule has 3 aromatic carbocycles. The first-order chi connectivity index (χ1) is 13.7. The highest BCUT2D eigenvalue weighted by atomic mass is 32.2. The Balaban J connectivity index is 1.30. The number of hydrogen-bond donors (Lipinski definition) is 0. The average molecular weight is 391 g/mol. The molecule has 4 rings (SSSR count). The van der Waals surface area contributed by atoms with Gasteiger partial charge in [0.25, 0.3) is 5.91 Å². The molecule has 0 saturated heterocycles. The fourth-order valence-electron chi connectivity index (χ4n) is 3.45. The molecule has 1 aliphatic rings. The molecule has 0 N–H and O–H groups in total. The summed E-state index contributed by atoms with van der Waals surface area (Å²) in [6, 6.07) is 22.1. The summed E-state index contributed by atoms with van der Waals surface area (Å²) >= 11 is 1.42. The van der Waals surface area contributed by atoms with Gasteiger partial charge in [0.1, 0.15) is 0 Å². The van der Waals surface area contributed by atoms with Crippen molar-refractivity contribution in [2.45, 2.75) is 17.7 Å². The van der Waals surface area contributed by atoms with Crippen LogP contribution in [0.5, 0.6) is 0 Å². The van der Waals surface area contributed by atoms with E-state index in [1.807, 2.05) is 54.6 Å². The van der Waals surface area contributed by atoms with E-state index in [1.54, 1.807) is 4.90 Å². The van der Waals surface area contributed by atoms with E-state index in [9.17, 15) is 9.59 Å². The van der Waals surface area contributed by atoms with E-state index in [2.05, 4.69) is 12.1 Å². The summed E-state index contributed by atoms with van der Waals surface area (Å²) in [7, 11) is 0. The summed E-state index contributed by atoms with van der Waals surface area (Å²) in [4.78, 5) is 27.4. The Hall–Kier alpha value is -2.79. The molecule has 0 saturated carbocycles. The van der Waals surface area contributed by atoms with Crippen molar-refractivity contribution < 1.29 is 14.3 Å². The molecule has 0 bridgehead atoms. The van der Waals surface area contributed by atoms with Gasteiger partial charge >= 0.3 is 5.97 Å². The lowest BCUT2D eigenvalue weighted by atomic mass is 10.0. The molecule has 1 amide bonds. The summed E-state index contributed by atoms with van der Waals surface area (Å²) in [6.45, 7) is 0.449. The molecule has 0 fully saturated rings. The van der Waals surface area contributed by atoms with Gasteiger partial charge in [0, 0.05) is 17.1 Å². The van der Waals surface area contributed by atoms with E-state index >= 15 is 0 Å². The summed E-state index contributed by atoms with van der Waals surface area (Å²) < 4.78 is 5.23. The van der Waals surface area contributed by atoms with Gasteiger partial charge in [-0.1, -0.05) is 48.5 Å². The van der Waals surface area contributed by atoms with E-state index in [4.69, 9.17) is 4.74 Å². The summed E-state index contributed by atoms with van der Waals surface area (Å²) in [5, 5.41) is 2.31. The minimum atomic E-state index is -0.378. The number of benzene rings is 3. The fraction of sp³-hybridized carbons (Fsp3) is 0.217. The van der Waals surface area contributed by atoms with Crippen molar-refractivity contribution >= 4 is 40.1 Å². The maximum atomic E-state index is 12.5. The molecule has 0 atom stereocenters. The Bertz CT molecular complexity index is 1020. The number of ether oxygens (including phenoxy) is 1. The number of hydrogen-bond acceptors (Lipinski definition) is 4. The van der Waals surface area contributed by atoms with Crippen molar-refractivity contribution in [3.05, 3.63) is 72.3 Å². The first-order valence-electron chi connectivity index (χ1n) is 9.36. The minimum absolute atomic E-state index is 0.170. The summed E-state index contributed by atoms with van der Waals surface area (Å²) in [5.41, 5.74) is 2.10. The second-order valence-electron chi connectivity index (χ2n) is 6.74. The number of amides is 1. The first-order valence-corrected chi connectivity index (χ1v) is 10.3. The Morgan fingerprint density at radius 3 is 2.64 bits per heavy atom. The zero-order chi connectivity index (χ0) is 19.3. The minimum Gasteiger partial charge on any atom is -0.455 e. The standard InChI is InChI=1S/C23H21NO3S/c25-22(24-13-5-9-18-7-3-4-10-21(18)24)15-27-23(26)16-28-20-12-11-17-6-1-2-8-19(17)14-20/h1-4,6-8,10-12,14H,5,9,13,15-16H2. The molecule has 0 aromatic heterocycles. The van der Waals surface area contributed by atoms with Crippen LogP contribution < -0.4 is 4.90 Å². The lowest BCUT2D eigenvalue weighted by molar-refractivity contribution is -0.145. The average Bonchev–Trinajstić information content (AvgIpc) is 2.75. The number of carbonyl (C=O) groups excluding carboxylic acids is 2. The van der Waals surface area contributed by atoms with Crippen LogP contribution in [-0.2, 0) is 20.7 Å². The molecule has 142 valence electrons. The second kappa shape index (κ2) is 8.48. The van der Waals surface area contributed by atoms with Crippen LogP contribution in [0.25, 0.3) is 10.8 Å². The van der Waals surface area contributed by atoms with Gasteiger partial charge in [-0.15, -0.1) is 11.8 Å². The van der Waals surface area contributed by atoms with E-state index in [0.717, 1.165) is 28.8 Å². The fourth-order valence-corrected chi connectivity index (χ4v) is 4.20. The van der Waals surface area contributed by atoms with Gasteiger partial charge in [-0.3, -0.25) is 9.59 Å². The highest BCUT2D eigenvalue weighted by Crippen LogP contribution is 2.27. The van der Waals surface area contributed by atoms with Crippen LogP contribution >= 0.6 is 11.8 Å². The molecule has 5 heteroatoms. The van der Waals surface area contributed by atoms with Crippen LogP contribution in [0, 0.1) is 0 Å². The van der Waals surface area contributed by atoms with E-state index in [1.165, 1.54) is 22.7 Å². The van der Waals surface area contributed by atoms with Crippen LogP contribution in [0.15, 0.2) is 71.6 Å². The number of carbonyl (C=O) groups is 2. The van der Waals surface area contributed by atoms with Gasteiger partial charge in [0.15, 0.2) is 6.61 Å². The third-order valence-corrected chi connectivity index (χ3v) is 5.81. The third-order valence-electron chi connectivity index (χ3n) is 4.85. The van der Waals surface area contributed by atoms with Gasteiger partial charge in [-0.25, -0.2) is 0 Å². The number of rotatable bonds is 5. The molecular formula is C23H21NO3S. The number of anilines is 1. The van der Waals surface area contributed by atoms with Gasteiger partial charge in [0.05, 0.1) is 5.75 Å². The molecule has 3 aromatic rings. The number of thioether (sulfide) groups is 1. The van der Waals surface area contributed by atoms with Crippen LogP contribution in [-0.4, -0.2) is 30.8 Å². The zero-order valence-corrected chi connectivity index (χ0v) is 16.3. The van der Waals surface area contributed by atoms with Crippen LogP contribution in [0.2, 0.25) is 0 Å². The van der Waals surface area contributed by atoms with Crippen molar-refractivity contribution in [2.75, 3.05) is 23.8 Å². The van der Waals surface area contributed by atoms with Gasteiger partial charge in [0.2, 0.25) is 0 Å². The van der Waals surface area contributed by atoms with Gasteiger partial charge in [-0.05, 0) is 47.4 Å². The molecule has 0 aliphatic carbocycles. The Morgan fingerprint density at radius 1 is 0.964 bits per heavy atom. The summed E-state index contributed by atoms with van der Waals surface area (Å²) in [5.74, 6) is -0.365. The van der Waals surface area contributed by atoms with Crippen molar-refractivity contribution in [2.24, 2.45) is 0 Å². The second-order valence-corrected chi connectivity index (χ2v) is 7.78. The van der Waals surface area contributed by atoms with Gasteiger partial charge < -0.3 is 9.64 Å². The topological polar surface area (TPSA) is 46.6 Å². The molecule has 1 aliphatic heterocycles. The van der Waals surface area contributed by atoms with Crippen LogP contribution in [0.4, 0.5) is 5.69 Å². The van der Waals surface area contributed by atoms with Crippen LogP contribution in [0.3, 0.4) is 0 Å². The number of aryl methyl sites for hydroxylation is 1. The molecule has 28 heavy (non-hydrogen) atoms. The normalized spacial score (nSPS) is 13.2. The third kappa shape index (κ3) is 4.20. The van der Waals surface area contributed by atoms with E-state index in [0.29, 0.717) is 6.54 Å². The quantitative estimate of drug-likeness (QED) is 0.476. The van der Waals surface area contributed by atoms with Gasteiger partial charge in [-0.2, -0.15) is 0 Å². The Kier molecular flexibility index (Phi) is 5.63. The predicted molar refractivity (Wildman–Crippen MR) is 113 cm³/mol. The van der Waals surface area contributed by atoms with Crippen LogP contribution in [0.1, 0.15) is 12.0 Å². The number of fused-ring (bicyclic) bond motifs is 2. The van der Waals surface area contributed by atoms with Crippen molar-refractivity contribution in [3.63, 3.8) is 0 Å². The van der Waals surface area contributed by atoms with Crippen molar-refractivity contribution in [1.29, 1.82) is 0 Å². The zero-order valence-electron chi connectivity index (χ0n) is 15.5. The monoisotopic (exact) mass is 391 g/mol. The molecule has 0 spiro atoms. The summed E-state index contributed by atoms with van der Waals surface area (Å²) in [6.07, 6.45) is 1.90. The number of esters is 1. The van der Waals surface area contributed by atoms with Crippen molar-refractivity contribution in [1.82, 2.24) is 0 Å². The smallest absolute Gasteiger partial charge is 0.316 e. The Labute approximate surface area is 168 Å². The SMILES string of the molecule is O=C(CSc1ccc2ccccc2c1)OCC(=O)N1CCCc2ccccc21. The predicted octanol–water partition coefficient (Wildman–Crippen LogP) is 4.45. The molecule has 0 radical (unpaired) electrons. The van der Waals surface area contributed by atoms with E-state index < -0.39 is 0 Å². The van der Waals surface area contributed by atoms with E-state index in [-0.39, 0.29) is 24.2 Å². The maximum absolute atomic E-state index is 12.5.